The van der Waals surface area contributed by atoms with Crippen LogP contribution in [0.3, 0.4) is 0 Å². The molecule has 0 fully saturated rings. The lowest BCUT2D eigenvalue weighted by molar-refractivity contribution is 0.407. The molecule has 0 spiro atoms. The van der Waals surface area contributed by atoms with E-state index in [4.69, 9.17) is 4.74 Å². The fourth-order valence-electron chi connectivity index (χ4n) is 1.02. The summed E-state index contributed by atoms with van der Waals surface area (Å²) in [5.74, 6) is 0.396. The predicted octanol–water partition coefficient (Wildman–Crippen LogP) is 3.38. The zero-order valence-electron chi connectivity index (χ0n) is 7.11. The summed E-state index contributed by atoms with van der Waals surface area (Å²) in [4.78, 5) is 0. The molecule has 0 aliphatic carbocycles. The molecule has 1 aromatic carbocycles. The Kier molecular flexibility index (Phi) is 4.45. The summed E-state index contributed by atoms with van der Waals surface area (Å²) >= 11 is 5.42. The molecule has 13 heavy (non-hydrogen) atoms. The summed E-state index contributed by atoms with van der Waals surface area (Å²) in [6, 6.07) is 3.25. The topological polar surface area (TPSA) is 9.23 Å². The van der Waals surface area contributed by atoms with Crippen LogP contribution in [0.25, 0.3) is 0 Å². The molecular weight excluding hydrogens is 350 g/mol. The van der Waals surface area contributed by atoms with Gasteiger partial charge in [-0.2, -0.15) is 0 Å². The Bertz CT molecular complexity index is 304. The van der Waals surface area contributed by atoms with Crippen molar-refractivity contribution < 1.29 is 9.13 Å². The van der Waals surface area contributed by atoms with E-state index in [0.29, 0.717) is 12.2 Å². The van der Waals surface area contributed by atoms with Crippen molar-refractivity contribution in [2.75, 3.05) is 12.4 Å². The van der Waals surface area contributed by atoms with Gasteiger partial charge in [-0.05, 0) is 40.6 Å². The number of halogens is 3. The highest BCUT2D eigenvalue weighted by molar-refractivity contribution is 14.1. The number of methoxy groups -OCH3 is 1. The van der Waals surface area contributed by atoms with E-state index in [-0.39, 0.29) is 5.82 Å². The number of ether oxygens (including phenoxy) is 1. The van der Waals surface area contributed by atoms with Crippen molar-refractivity contribution in [3.63, 3.8) is 0 Å². The first kappa shape index (κ1) is 11.2. The largest absolute Gasteiger partial charge is 0.496 e. The van der Waals surface area contributed by atoms with Crippen LogP contribution in [0.15, 0.2) is 12.1 Å². The van der Waals surface area contributed by atoms with E-state index in [1.807, 2.05) is 6.07 Å². The maximum absolute atomic E-state index is 13.3. The van der Waals surface area contributed by atoms with Gasteiger partial charge < -0.3 is 4.74 Å². The molecule has 0 heterocycles. The lowest BCUT2D eigenvalue weighted by Crippen LogP contribution is -1.95. The number of alkyl halides is 1. The summed E-state index contributed by atoms with van der Waals surface area (Å²) in [5.41, 5.74) is 0.724. The quantitative estimate of drug-likeness (QED) is 0.594. The average Bonchev–Trinajstić information content (AvgIpc) is 2.11. The predicted molar refractivity (Wildman–Crippen MR) is 63.2 cm³/mol. The van der Waals surface area contributed by atoms with Crippen molar-refractivity contribution in [2.45, 2.75) is 6.42 Å². The van der Waals surface area contributed by atoms with Crippen LogP contribution in [-0.4, -0.2) is 12.4 Å². The van der Waals surface area contributed by atoms with Crippen LogP contribution in [0.2, 0.25) is 0 Å². The Balaban J connectivity index is 3.05. The van der Waals surface area contributed by atoms with Crippen LogP contribution in [0, 0.1) is 9.39 Å². The monoisotopic (exact) mass is 358 g/mol. The van der Waals surface area contributed by atoms with Gasteiger partial charge in [-0.1, -0.05) is 15.9 Å². The summed E-state index contributed by atoms with van der Waals surface area (Å²) in [6.45, 7) is 0. The van der Waals surface area contributed by atoms with Gasteiger partial charge in [0, 0.05) is 11.4 Å². The zero-order valence-corrected chi connectivity index (χ0v) is 10.9. The van der Waals surface area contributed by atoms with Crippen molar-refractivity contribution in [2.24, 2.45) is 0 Å². The Hall–Kier alpha value is 0.160. The molecule has 1 aromatic rings. The second-order valence-corrected chi connectivity index (χ2v) is 4.47. The Morgan fingerprint density at radius 3 is 2.77 bits per heavy atom. The highest BCUT2D eigenvalue weighted by Gasteiger charge is 2.07. The fraction of sp³-hybridized carbons (Fsp3) is 0.333. The molecule has 0 aliphatic heterocycles. The molecule has 1 rings (SSSR count). The van der Waals surface area contributed by atoms with E-state index < -0.39 is 0 Å². The smallest absolute Gasteiger partial charge is 0.135 e. The number of hydrogen-bond donors (Lipinski definition) is 0. The minimum absolute atomic E-state index is 0.197. The molecule has 0 amide bonds. The summed E-state index contributed by atoms with van der Waals surface area (Å²) in [7, 11) is 1.54. The SMILES string of the molecule is COc1cc(F)c(CCBr)cc1I. The third kappa shape index (κ3) is 2.80. The lowest BCUT2D eigenvalue weighted by Gasteiger charge is -2.06. The first-order valence-electron chi connectivity index (χ1n) is 3.77. The lowest BCUT2D eigenvalue weighted by atomic mass is 10.1. The van der Waals surface area contributed by atoms with Gasteiger partial charge in [0.05, 0.1) is 10.7 Å². The molecule has 0 bridgehead atoms. The molecule has 0 unspecified atom stereocenters. The molecule has 0 saturated heterocycles. The Morgan fingerprint density at radius 2 is 2.23 bits per heavy atom. The highest BCUT2D eigenvalue weighted by atomic mass is 127. The van der Waals surface area contributed by atoms with Gasteiger partial charge in [0.2, 0.25) is 0 Å². The van der Waals surface area contributed by atoms with Crippen molar-refractivity contribution in [1.29, 1.82) is 0 Å². The molecule has 0 atom stereocenters. The Morgan fingerprint density at radius 1 is 1.54 bits per heavy atom. The van der Waals surface area contributed by atoms with E-state index in [1.54, 1.807) is 7.11 Å². The second-order valence-electron chi connectivity index (χ2n) is 2.52. The van der Waals surface area contributed by atoms with Crippen molar-refractivity contribution in [3.8, 4) is 5.75 Å². The van der Waals surface area contributed by atoms with Gasteiger partial charge in [0.1, 0.15) is 11.6 Å². The first-order valence-corrected chi connectivity index (χ1v) is 5.97. The van der Waals surface area contributed by atoms with Gasteiger partial charge >= 0.3 is 0 Å². The van der Waals surface area contributed by atoms with Gasteiger partial charge in [0.15, 0.2) is 0 Å². The molecule has 0 aromatic heterocycles. The van der Waals surface area contributed by atoms with E-state index in [9.17, 15) is 4.39 Å². The highest BCUT2D eigenvalue weighted by Crippen LogP contribution is 2.24. The summed E-state index contributed by atoms with van der Waals surface area (Å²) < 4.78 is 19.2. The maximum Gasteiger partial charge on any atom is 0.135 e. The van der Waals surface area contributed by atoms with Crippen LogP contribution >= 0.6 is 38.5 Å². The maximum atomic E-state index is 13.3. The van der Waals surface area contributed by atoms with Crippen LogP contribution in [0.4, 0.5) is 4.39 Å². The third-order valence-corrected chi connectivity index (χ3v) is 2.92. The molecule has 0 saturated carbocycles. The Labute approximate surface area is 98.9 Å². The summed E-state index contributed by atoms with van der Waals surface area (Å²) in [6.07, 6.45) is 0.700. The molecule has 1 nitrogen and oxygen atoms in total. The van der Waals surface area contributed by atoms with Gasteiger partial charge in [-0.25, -0.2) is 4.39 Å². The van der Waals surface area contributed by atoms with Crippen molar-refractivity contribution in [1.82, 2.24) is 0 Å². The molecule has 0 radical (unpaired) electrons. The van der Waals surface area contributed by atoms with E-state index in [0.717, 1.165) is 14.5 Å². The zero-order chi connectivity index (χ0) is 9.84. The first-order chi connectivity index (χ1) is 6.19. The minimum Gasteiger partial charge on any atom is -0.496 e. The van der Waals surface area contributed by atoms with Gasteiger partial charge in [0.25, 0.3) is 0 Å². The molecule has 4 heteroatoms. The van der Waals surface area contributed by atoms with Crippen LogP contribution in [0.5, 0.6) is 5.75 Å². The molecule has 0 N–H and O–H groups in total. The number of rotatable bonds is 3. The van der Waals surface area contributed by atoms with Crippen LogP contribution in [-0.2, 0) is 6.42 Å². The van der Waals surface area contributed by atoms with Crippen molar-refractivity contribution >= 4 is 38.5 Å². The second kappa shape index (κ2) is 5.14. The standard InChI is InChI=1S/C9H9BrFIO/c1-13-9-5-7(11)6(2-3-10)4-8(9)12/h4-5H,2-3H2,1H3. The fourth-order valence-corrected chi connectivity index (χ4v) is 2.20. The number of benzene rings is 1. The third-order valence-electron chi connectivity index (χ3n) is 1.68. The molecule has 72 valence electrons. The van der Waals surface area contributed by atoms with Crippen molar-refractivity contribution in [3.05, 3.63) is 27.1 Å². The van der Waals surface area contributed by atoms with Gasteiger partial charge in [-0.15, -0.1) is 0 Å². The average molecular weight is 359 g/mol. The van der Waals surface area contributed by atoms with E-state index >= 15 is 0 Å². The van der Waals surface area contributed by atoms with Gasteiger partial charge in [-0.3, -0.25) is 0 Å². The number of hydrogen-bond acceptors (Lipinski definition) is 1. The normalized spacial score (nSPS) is 10.2. The van der Waals surface area contributed by atoms with E-state index in [1.165, 1.54) is 6.07 Å². The van der Waals surface area contributed by atoms with Crippen LogP contribution in [0.1, 0.15) is 5.56 Å². The number of aryl methyl sites for hydroxylation is 1. The molecular formula is C9H9BrFIO. The molecule has 0 aliphatic rings. The van der Waals surface area contributed by atoms with E-state index in [2.05, 4.69) is 38.5 Å². The summed E-state index contributed by atoms with van der Waals surface area (Å²) in [5, 5.41) is 0.770. The van der Waals surface area contributed by atoms with Crippen LogP contribution < -0.4 is 4.74 Å². The minimum atomic E-state index is -0.197.